The van der Waals surface area contributed by atoms with Gasteiger partial charge in [-0.1, -0.05) is 13.3 Å². The molecule has 128 valence electrons. The minimum absolute atomic E-state index is 0.0144. The molecular formula is C16H25N3O3S. The molecule has 7 heteroatoms. The Kier molecular flexibility index (Phi) is 6.01. The molecule has 4 N–H and O–H groups in total. The van der Waals surface area contributed by atoms with E-state index in [4.69, 9.17) is 5.73 Å². The molecule has 0 heterocycles. The molecule has 0 aromatic heterocycles. The second-order valence-corrected chi connectivity index (χ2v) is 7.95. The van der Waals surface area contributed by atoms with Crippen LogP contribution in [0.5, 0.6) is 0 Å². The van der Waals surface area contributed by atoms with Gasteiger partial charge in [-0.05, 0) is 49.9 Å². The van der Waals surface area contributed by atoms with Crippen LogP contribution in [0.25, 0.3) is 0 Å². The lowest BCUT2D eigenvalue weighted by Crippen LogP contribution is -2.34. The Morgan fingerprint density at radius 1 is 1.22 bits per heavy atom. The summed E-state index contributed by atoms with van der Waals surface area (Å²) >= 11 is 0. The number of hydrogen-bond acceptors (Lipinski definition) is 4. The lowest BCUT2D eigenvalue weighted by atomic mass is 9.85. The molecule has 0 aliphatic heterocycles. The molecule has 1 aliphatic rings. The summed E-state index contributed by atoms with van der Waals surface area (Å²) in [5, 5.41) is 2.88. The molecule has 2 rings (SSSR count). The van der Waals surface area contributed by atoms with Crippen LogP contribution in [0.2, 0.25) is 0 Å². The lowest BCUT2D eigenvalue weighted by molar-refractivity contribution is -0.120. The molecular weight excluding hydrogens is 314 g/mol. The van der Waals surface area contributed by atoms with E-state index in [2.05, 4.69) is 10.0 Å². The Balaban J connectivity index is 1.93. The Morgan fingerprint density at radius 2 is 1.87 bits per heavy atom. The highest BCUT2D eigenvalue weighted by Gasteiger charge is 2.25. The fourth-order valence-corrected chi connectivity index (χ4v) is 3.97. The van der Waals surface area contributed by atoms with Gasteiger partial charge in [0.15, 0.2) is 0 Å². The van der Waals surface area contributed by atoms with Crippen molar-refractivity contribution in [2.75, 3.05) is 15.8 Å². The molecule has 0 bridgehead atoms. The highest BCUT2D eigenvalue weighted by atomic mass is 32.2. The first-order chi connectivity index (χ1) is 10.9. The van der Waals surface area contributed by atoms with Crippen LogP contribution in [0.1, 0.15) is 39.0 Å². The van der Waals surface area contributed by atoms with E-state index in [0.29, 0.717) is 17.8 Å². The van der Waals surface area contributed by atoms with E-state index in [9.17, 15) is 13.2 Å². The molecule has 6 nitrogen and oxygen atoms in total. The van der Waals surface area contributed by atoms with Gasteiger partial charge < -0.3 is 11.1 Å². The number of amides is 1. The summed E-state index contributed by atoms with van der Waals surface area (Å²) in [6.07, 6.45) is 4.12. The third-order valence-corrected chi connectivity index (χ3v) is 5.48. The number of nitrogens with two attached hydrogens (primary N) is 1. The second-order valence-electron chi connectivity index (χ2n) is 6.11. The van der Waals surface area contributed by atoms with Gasteiger partial charge in [0.1, 0.15) is 0 Å². The molecule has 1 saturated carbocycles. The van der Waals surface area contributed by atoms with Crippen LogP contribution in [0.15, 0.2) is 24.3 Å². The van der Waals surface area contributed by atoms with E-state index in [0.717, 1.165) is 25.7 Å². The number of hydrogen-bond donors (Lipinski definition) is 3. The van der Waals surface area contributed by atoms with Crippen molar-refractivity contribution in [2.24, 2.45) is 11.7 Å². The summed E-state index contributed by atoms with van der Waals surface area (Å²) in [6, 6.07) is 6.80. The Labute approximate surface area is 137 Å². The van der Waals surface area contributed by atoms with Crippen LogP contribution in [-0.4, -0.2) is 26.1 Å². The quantitative estimate of drug-likeness (QED) is 0.740. The van der Waals surface area contributed by atoms with Crippen molar-refractivity contribution in [3.63, 3.8) is 0 Å². The molecule has 1 amide bonds. The average molecular weight is 339 g/mol. The molecule has 2 atom stereocenters. The Hall–Kier alpha value is -1.60. The van der Waals surface area contributed by atoms with Gasteiger partial charge in [0, 0.05) is 23.3 Å². The van der Waals surface area contributed by atoms with Crippen molar-refractivity contribution in [1.29, 1.82) is 0 Å². The van der Waals surface area contributed by atoms with Crippen molar-refractivity contribution >= 4 is 27.3 Å². The molecule has 1 aliphatic carbocycles. The molecule has 1 fully saturated rings. The van der Waals surface area contributed by atoms with E-state index in [-0.39, 0.29) is 23.6 Å². The number of anilines is 2. The molecule has 2 unspecified atom stereocenters. The van der Waals surface area contributed by atoms with Crippen LogP contribution >= 0.6 is 0 Å². The van der Waals surface area contributed by atoms with Crippen molar-refractivity contribution < 1.29 is 13.2 Å². The van der Waals surface area contributed by atoms with Crippen molar-refractivity contribution in [3.05, 3.63) is 24.3 Å². The first-order valence-corrected chi connectivity index (χ1v) is 9.72. The summed E-state index contributed by atoms with van der Waals surface area (Å²) < 4.78 is 25.9. The summed E-state index contributed by atoms with van der Waals surface area (Å²) in [5.41, 5.74) is 7.07. The van der Waals surface area contributed by atoms with E-state index < -0.39 is 10.0 Å². The van der Waals surface area contributed by atoms with Crippen LogP contribution in [0.4, 0.5) is 11.4 Å². The normalized spacial score (nSPS) is 21.7. The first kappa shape index (κ1) is 17.7. The number of benzene rings is 1. The zero-order chi connectivity index (χ0) is 16.9. The van der Waals surface area contributed by atoms with Crippen LogP contribution in [-0.2, 0) is 14.8 Å². The van der Waals surface area contributed by atoms with E-state index >= 15 is 0 Å². The van der Waals surface area contributed by atoms with Crippen molar-refractivity contribution in [2.45, 2.75) is 45.1 Å². The molecule has 23 heavy (non-hydrogen) atoms. The maximum Gasteiger partial charge on any atom is 0.232 e. The fraction of sp³-hybridized carbons (Fsp3) is 0.562. The third-order valence-electron chi connectivity index (χ3n) is 3.98. The van der Waals surface area contributed by atoms with Gasteiger partial charge in [-0.25, -0.2) is 8.42 Å². The monoisotopic (exact) mass is 339 g/mol. The van der Waals surface area contributed by atoms with Gasteiger partial charge in [-0.15, -0.1) is 0 Å². The van der Waals surface area contributed by atoms with Gasteiger partial charge in [-0.3, -0.25) is 9.52 Å². The maximum atomic E-state index is 12.2. The van der Waals surface area contributed by atoms with Crippen molar-refractivity contribution in [3.8, 4) is 0 Å². The number of rotatable bonds is 6. The summed E-state index contributed by atoms with van der Waals surface area (Å²) in [6.45, 7) is 1.81. The standard InChI is InChI=1S/C16H25N3O3S/c1-2-10-23(21,22)19-15-8-6-14(7-9-15)18-16(20)12-4-3-5-13(17)11-12/h6-9,12-13,19H,2-5,10-11,17H2,1H3,(H,18,20). The van der Waals surface area contributed by atoms with Crippen LogP contribution in [0.3, 0.4) is 0 Å². The van der Waals surface area contributed by atoms with E-state index in [1.54, 1.807) is 24.3 Å². The van der Waals surface area contributed by atoms with Crippen LogP contribution in [0, 0.1) is 5.92 Å². The maximum absolute atomic E-state index is 12.2. The van der Waals surface area contributed by atoms with E-state index in [1.165, 1.54) is 0 Å². The van der Waals surface area contributed by atoms with Gasteiger partial charge in [0.05, 0.1) is 5.75 Å². The van der Waals surface area contributed by atoms with Gasteiger partial charge >= 0.3 is 0 Å². The van der Waals surface area contributed by atoms with Gasteiger partial charge in [-0.2, -0.15) is 0 Å². The highest BCUT2D eigenvalue weighted by Crippen LogP contribution is 2.25. The Morgan fingerprint density at radius 3 is 2.48 bits per heavy atom. The highest BCUT2D eigenvalue weighted by molar-refractivity contribution is 7.92. The molecule has 0 saturated heterocycles. The second kappa shape index (κ2) is 7.79. The van der Waals surface area contributed by atoms with Gasteiger partial charge in [0.2, 0.25) is 15.9 Å². The topological polar surface area (TPSA) is 101 Å². The molecule has 1 aromatic carbocycles. The summed E-state index contributed by atoms with van der Waals surface area (Å²) in [5.74, 6) is 0.0360. The number of carbonyl (C=O) groups is 1. The molecule has 1 aromatic rings. The van der Waals surface area contributed by atoms with Crippen molar-refractivity contribution in [1.82, 2.24) is 0 Å². The fourth-order valence-electron chi connectivity index (χ4n) is 2.83. The largest absolute Gasteiger partial charge is 0.328 e. The predicted octanol–water partition coefficient (Wildman–Crippen LogP) is 2.29. The zero-order valence-corrected chi connectivity index (χ0v) is 14.2. The Bertz CT molecular complexity index is 628. The average Bonchev–Trinajstić information content (AvgIpc) is 2.49. The third kappa shape index (κ3) is 5.51. The lowest BCUT2D eigenvalue weighted by Gasteiger charge is -2.25. The smallest absolute Gasteiger partial charge is 0.232 e. The number of sulfonamides is 1. The minimum Gasteiger partial charge on any atom is -0.328 e. The SMILES string of the molecule is CCCS(=O)(=O)Nc1ccc(NC(=O)C2CCCC(N)C2)cc1. The summed E-state index contributed by atoms with van der Waals surface area (Å²) in [4.78, 5) is 12.2. The first-order valence-electron chi connectivity index (χ1n) is 8.06. The summed E-state index contributed by atoms with van der Waals surface area (Å²) in [7, 11) is -3.30. The number of carbonyl (C=O) groups excluding carboxylic acids is 1. The van der Waals surface area contributed by atoms with Crippen LogP contribution < -0.4 is 15.8 Å². The number of nitrogens with one attached hydrogen (secondary N) is 2. The van der Waals surface area contributed by atoms with E-state index in [1.807, 2.05) is 6.92 Å². The molecule has 0 spiro atoms. The van der Waals surface area contributed by atoms with Gasteiger partial charge in [0.25, 0.3) is 0 Å². The minimum atomic E-state index is -3.30. The predicted molar refractivity (Wildman–Crippen MR) is 92.7 cm³/mol. The zero-order valence-electron chi connectivity index (χ0n) is 13.4. The molecule has 0 radical (unpaired) electrons.